The summed E-state index contributed by atoms with van der Waals surface area (Å²) >= 11 is 0. The molecule has 2 heterocycles. The molecule has 1 aliphatic heterocycles. The van der Waals surface area contributed by atoms with Gasteiger partial charge in [0.05, 0.1) is 18.4 Å². The Morgan fingerprint density at radius 3 is 2.66 bits per heavy atom. The Balaban J connectivity index is 1.34. The molecule has 3 aliphatic rings. The molecule has 2 aromatic carbocycles. The number of benzene rings is 2. The fourth-order valence-corrected chi connectivity index (χ4v) is 5.44. The minimum absolute atomic E-state index is 0.0205. The minimum Gasteiger partial charge on any atom is -0.496 e. The fraction of sp³-hybridized carbons (Fsp3) is 0.385. The number of carbonyl (C=O) groups excluding carboxylic acids is 1. The summed E-state index contributed by atoms with van der Waals surface area (Å²) in [4.78, 5) is 15.3. The summed E-state index contributed by atoms with van der Waals surface area (Å²) in [5.41, 5.74) is 5.10. The number of likely N-dealkylation sites (tertiary alicyclic amines) is 1. The molecule has 6 rings (SSSR count). The zero-order chi connectivity index (χ0) is 21.8. The highest BCUT2D eigenvalue weighted by atomic mass is 19.1. The average molecular weight is 432 g/mol. The fourth-order valence-electron chi connectivity index (χ4n) is 5.44. The number of halogens is 1. The lowest BCUT2D eigenvalue weighted by atomic mass is 9.94. The molecule has 32 heavy (non-hydrogen) atoms. The van der Waals surface area contributed by atoms with E-state index in [0.29, 0.717) is 23.8 Å². The van der Waals surface area contributed by atoms with Gasteiger partial charge in [-0.1, -0.05) is 12.1 Å². The Bertz CT molecular complexity index is 1180. The van der Waals surface area contributed by atoms with E-state index in [-0.39, 0.29) is 17.6 Å². The lowest BCUT2D eigenvalue weighted by Crippen LogP contribution is -2.30. The van der Waals surface area contributed by atoms with Crippen molar-refractivity contribution in [3.63, 3.8) is 0 Å². The molecule has 0 radical (unpaired) electrons. The molecule has 2 atom stereocenters. The smallest absolute Gasteiger partial charge is 0.257 e. The first-order chi connectivity index (χ1) is 15.6. The van der Waals surface area contributed by atoms with Gasteiger partial charge in [-0.2, -0.15) is 5.10 Å². The second-order valence-corrected chi connectivity index (χ2v) is 9.32. The largest absolute Gasteiger partial charge is 0.496 e. The Morgan fingerprint density at radius 2 is 1.91 bits per heavy atom. The molecular weight excluding hydrogens is 405 g/mol. The van der Waals surface area contributed by atoms with Crippen LogP contribution < -0.4 is 4.74 Å². The van der Waals surface area contributed by atoms with Crippen molar-refractivity contribution in [3.8, 4) is 17.0 Å². The van der Waals surface area contributed by atoms with Crippen molar-refractivity contribution in [2.75, 3.05) is 20.2 Å². The van der Waals surface area contributed by atoms with Crippen molar-refractivity contribution in [2.45, 2.75) is 31.7 Å². The normalized spacial score (nSPS) is 21.5. The van der Waals surface area contributed by atoms with Crippen LogP contribution in [-0.4, -0.2) is 40.8 Å². The standard InChI is InChI=1S/C26H26FN3O2/c1-32-23-5-3-2-4-20(23)26(31)29-14-18-12-22-24(21(18)15-29)25(17-8-10-19(27)11-9-17)28-30(22)13-16-6-7-16/h2-5,8-11,16,18,21H,6-7,12-15H2,1H3/t18-,21+/m1/s1. The summed E-state index contributed by atoms with van der Waals surface area (Å²) in [6.07, 6.45) is 3.49. The highest BCUT2D eigenvalue weighted by Gasteiger charge is 2.46. The van der Waals surface area contributed by atoms with Gasteiger partial charge >= 0.3 is 0 Å². The highest BCUT2D eigenvalue weighted by molar-refractivity contribution is 5.97. The SMILES string of the molecule is COc1ccccc1C(=O)N1C[C@H]2Cc3c(c(-c4ccc(F)cc4)nn3CC3CC3)[C@H]2C1. The Morgan fingerprint density at radius 1 is 1.12 bits per heavy atom. The van der Waals surface area contributed by atoms with E-state index >= 15 is 0 Å². The maximum atomic E-state index is 13.6. The van der Waals surface area contributed by atoms with Crippen molar-refractivity contribution in [3.05, 3.63) is 71.2 Å². The van der Waals surface area contributed by atoms with Gasteiger partial charge in [-0.3, -0.25) is 9.48 Å². The number of amides is 1. The third-order valence-corrected chi connectivity index (χ3v) is 7.24. The number of methoxy groups -OCH3 is 1. The quantitative estimate of drug-likeness (QED) is 0.597. The third-order valence-electron chi connectivity index (χ3n) is 7.24. The van der Waals surface area contributed by atoms with Crippen molar-refractivity contribution < 1.29 is 13.9 Å². The molecule has 1 amide bonds. The van der Waals surface area contributed by atoms with Crippen molar-refractivity contribution in [2.24, 2.45) is 11.8 Å². The monoisotopic (exact) mass is 431 g/mol. The number of hydrogen-bond donors (Lipinski definition) is 0. The van der Waals surface area contributed by atoms with Crippen LogP contribution in [0.5, 0.6) is 5.75 Å². The number of hydrogen-bond acceptors (Lipinski definition) is 3. The Kier molecular flexibility index (Phi) is 4.56. The van der Waals surface area contributed by atoms with E-state index in [1.54, 1.807) is 7.11 Å². The van der Waals surface area contributed by atoms with Crippen LogP contribution >= 0.6 is 0 Å². The lowest BCUT2D eigenvalue weighted by Gasteiger charge is -2.19. The van der Waals surface area contributed by atoms with Crippen LogP contribution in [0.15, 0.2) is 48.5 Å². The molecular formula is C26H26FN3O2. The van der Waals surface area contributed by atoms with Crippen LogP contribution in [0.4, 0.5) is 4.39 Å². The first kappa shape index (κ1) is 19.5. The molecule has 0 bridgehead atoms. The number of fused-ring (bicyclic) bond motifs is 3. The van der Waals surface area contributed by atoms with Gasteiger partial charge in [-0.05, 0) is 67.5 Å². The second-order valence-electron chi connectivity index (χ2n) is 9.32. The summed E-state index contributed by atoms with van der Waals surface area (Å²) in [6, 6.07) is 14.1. The summed E-state index contributed by atoms with van der Waals surface area (Å²) < 4.78 is 21.2. The number of para-hydroxylation sites is 1. The zero-order valence-corrected chi connectivity index (χ0v) is 18.1. The van der Waals surface area contributed by atoms with Gasteiger partial charge in [0, 0.05) is 42.4 Å². The maximum Gasteiger partial charge on any atom is 0.257 e. The number of carbonyl (C=O) groups is 1. The summed E-state index contributed by atoms with van der Waals surface area (Å²) in [5, 5.41) is 5.00. The summed E-state index contributed by atoms with van der Waals surface area (Å²) in [7, 11) is 1.60. The van der Waals surface area contributed by atoms with Crippen LogP contribution in [0, 0.1) is 17.7 Å². The molecule has 1 saturated heterocycles. The molecule has 3 aromatic rings. The summed E-state index contributed by atoms with van der Waals surface area (Å²) in [5.74, 6) is 1.77. The van der Waals surface area contributed by atoms with Gasteiger partial charge in [0.15, 0.2) is 0 Å². The number of aromatic nitrogens is 2. The maximum absolute atomic E-state index is 13.6. The summed E-state index contributed by atoms with van der Waals surface area (Å²) in [6.45, 7) is 2.38. The molecule has 5 nitrogen and oxygen atoms in total. The van der Waals surface area contributed by atoms with E-state index in [9.17, 15) is 9.18 Å². The van der Waals surface area contributed by atoms with Gasteiger partial charge in [-0.15, -0.1) is 0 Å². The predicted molar refractivity (Wildman–Crippen MR) is 119 cm³/mol. The Hall–Kier alpha value is -3.15. The molecule has 1 aromatic heterocycles. The zero-order valence-electron chi connectivity index (χ0n) is 18.1. The van der Waals surface area contributed by atoms with E-state index in [0.717, 1.165) is 36.7 Å². The molecule has 0 spiro atoms. The van der Waals surface area contributed by atoms with Crippen LogP contribution in [0.1, 0.15) is 40.4 Å². The average Bonchev–Trinajstić information content (AvgIpc) is 3.28. The molecule has 2 aliphatic carbocycles. The molecule has 0 N–H and O–H groups in total. The minimum atomic E-state index is -0.241. The predicted octanol–water partition coefficient (Wildman–Crippen LogP) is 4.52. The van der Waals surface area contributed by atoms with Gasteiger partial charge < -0.3 is 9.64 Å². The van der Waals surface area contributed by atoms with E-state index < -0.39 is 0 Å². The third kappa shape index (κ3) is 3.20. The van der Waals surface area contributed by atoms with E-state index in [1.165, 1.54) is 36.2 Å². The van der Waals surface area contributed by atoms with Gasteiger partial charge in [-0.25, -0.2) is 4.39 Å². The molecule has 1 saturated carbocycles. The van der Waals surface area contributed by atoms with Gasteiger partial charge in [0.25, 0.3) is 5.91 Å². The number of nitrogens with zero attached hydrogens (tertiary/aromatic N) is 3. The van der Waals surface area contributed by atoms with E-state index in [1.807, 2.05) is 41.3 Å². The first-order valence-corrected chi connectivity index (χ1v) is 11.4. The Labute approximate surface area is 186 Å². The molecule has 164 valence electrons. The lowest BCUT2D eigenvalue weighted by molar-refractivity contribution is 0.0781. The van der Waals surface area contributed by atoms with E-state index in [4.69, 9.17) is 9.84 Å². The van der Waals surface area contributed by atoms with Crippen LogP contribution in [0.3, 0.4) is 0 Å². The van der Waals surface area contributed by atoms with Crippen molar-refractivity contribution in [1.82, 2.24) is 14.7 Å². The van der Waals surface area contributed by atoms with E-state index in [2.05, 4.69) is 4.68 Å². The molecule has 0 unspecified atom stereocenters. The number of rotatable bonds is 5. The first-order valence-electron chi connectivity index (χ1n) is 11.4. The molecule has 2 fully saturated rings. The molecule has 6 heteroatoms. The van der Waals surface area contributed by atoms with Gasteiger partial charge in [0.2, 0.25) is 0 Å². The highest BCUT2D eigenvalue weighted by Crippen LogP contribution is 2.48. The second kappa shape index (κ2) is 7.47. The van der Waals surface area contributed by atoms with Gasteiger partial charge in [0.1, 0.15) is 11.6 Å². The van der Waals surface area contributed by atoms with Crippen LogP contribution in [0.25, 0.3) is 11.3 Å². The topological polar surface area (TPSA) is 47.4 Å². The van der Waals surface area contributed by atoms with Crippen molar-refractivity contribution >= 4 is 5.91 Å². The van der Waals surface area contributed by atoms with Crippen LogP contribution in [-0.2, 0) is 13.0 Å². The number of ether oxygens (including phenoxy) is 1. The van der Waals surface area contributed by atoms with Crippen LogP contribution in [0.2, 0.25) is 0 Å². The van der Waals surface area contributed by atoms with Crippen molar-refractivity contribution in [1.29, 1.82) is 0 Å².